The number of methoxy groups -OCH3 is 1. The summed E-state index contributed by atoms with van der Waals surface area (Å²) in [5.74, 6) is -0.240. The largest absolute Gasteiger partial charge is 0.513 e. The summed E-state index contributed by atoms with van der Waals surface area (Å²) in [6, 6.07) is 5.34. The minimum absolute atomic E-state index is 0.0509. The van der Waals surface area contributed by atoms with Crippen molar-refractivity contribution in [2.75, 3.05) is 20.3 Å². The van der Waals surface area contributed by atoms with Crippen molar-refractivity contribution >= 4 is 12.3 Å². The molecule has 1 aliphatic heterocycles. The minimum Gasteiger partial charge on any atom is -0.432 e. The van der Waals surface area contributed by atoms with E-state index in [-0.39, 0.29) is 30.8 Å². The van der Waals surface area contributed by atoms with Crippen LogP contribution in [-0.2, 0) is 23.7 Å². The Labute approximate surface area is 181 Å². The smallest absolute Gasteiger partial charge is 0.432 e. The Balaban J connectivity index is 1.83. The van der Waals surface area contributed by atoms with Crippen molar-refractivity contribution < 1.29 is 33.3 Å². The highest BCUT2D eigenvalue weighted by Gasteiger charge is 2.37. The Morgan fingerprint density at radius 2 is 1.71 bits per heavy atom. The quantitative estimate of drug-likeness (QED) is 0.503. The van der Waals surface area contributed by atoms with Gasteiger partial charge in [0.25, 0.3) is 0 Å². The second-order valence-electron chi connectivity index (χ2n) is 7.36. The van der Waals surface area contributed by atoms with Gasteiger partial charge in [0.15, 0.2) is 0 Å². The molecule has 0 radical (unpaired) electrons. The highest BCUT2D eigenvalue weighted by Crippen LogP contribution is 2.38. The van der Waals surface area contributed by atoms with Gasteiger partial charge in [-0.25, -0.2) is 9.59 Å². The van der Waals surface area contributed by atoms with Gasteiger partial charge in [-0.15, -0.1) is 0 Å². The molecule has 2 heterocycles. The van der Waals surface area contributed by atoms with Crippen molar-refractivity contribution in [1.29, 1.82) is 0 Å². The molecular weight excluding hydrogens is 404 g/mol. The second-order valence-corrected chi connectivity index (χ2v) is 7.36. The van der Waals surface area contributed by atoms with Gasteiger partial charge in [0.1, 0.15) is 30.1 Å². The number of hydrogen-bond donors (Lipinski definition) is 1. The summed E-state index contributed by atoms with van der Waals surface area (Å²) in [6.45, 7) is 3.82. The molecule has 2 aliphatic rings. The fourth-order valence-electron chi connectivity index (χ4n) is 3.63. The molecule has 1 aromatic heterocycles. The van der Waals surface area contributed by atoms with Crippen molar-refractivity contribution in [2.45, 2.75) is 51.6 Å². The lowest BCUT2D eigenvalue weighted by atomic mass is 9.94. The third-order valence-corrected chi connectivity index (χ3v) is 5.08. The van der Waals surface area contributed by atoms with Gasteiger partial charge in [0.2, 0.25) is 0 Å². The molecule has 3 rings (SSSR count). The number of carbonyl (C=O) groups is 2. The maximum atomic E-state index is 12.5. The summed E-state index contributed by atoms with van der Waals surface area (Å²) >= 11 is 0. The molecule has 168 valence electrons. The van der Waals surface area contributed by atoms with Crippen molar-refractivity contribution in [2.24, 2.45) is 0 Å². The van der Waals surface area contributed by atoms with Crippen molar-refractivity contribution in [3.05, 3.63) is 53.0 Å². The van der Waals surface area contributed by atoms with E-state index in [4.69, 9.17) is 23.7 Å². The number of dihydropyridines is 1. The fourth-order valence-corrected chi connectivity index (χ4v) is 3.63. The predicted molar refractivity (Wildman–Crippen MR) is 110 cm³/mol. The van der Waals surface area contributed by atoms with E-state index in [1.807, 2.05) is 0 Å². The standard InChI is InChI=1S/C22H28N2O7/c1-14-19(30-21(25)28-13-12-27-3)18(17-10-6-7-11-23-17)20(15(2)24-14)31-22(26)29-16-8-4-5-9-16/h6-7,10-11,16,18,24H,4-5,8-9,12-13H2,1-3H3. The fraction of sp³-hybridized carbons (Fsp3) is 0.500. The van der Waals surface area contributed by atoms with Crippen LogP contribution in [0.25, 0.3) is 0 Å². The van der Waals surface area contributed by atoms with Crippen LogP contribution in [-0.4, -0.2) is 43.7 Å². The van der Waals surface area contributed by atoms with Crippen LogP contribution in [0.3, 0.4) is 0 Å². The highest BCUT2D eigenvalue weighted by molar-refractivity contribution is 5.65. The first-order valence-corrected chi connectivity index (χ1v) is 10.3. The molecule has 1 aromatic rings. The predicted octanol–water partition coefficient (Wildman–Crippen LogP) is 4.13. The Hall–Kier alpha value is -3.07. The average Bonchev–Trinajstić information content (AvgIpc) is 3.25. The Bertz CT molecular complexity index is 845. The number of aromatic nitrogens is 1. The molecular formula is C22H28N2O7. The van der Waals surface area contributed by atoms with E-state index in [2.05, 4.69) is 10.3 Å². The first-order chi connectivity index (χ1) is 15.0. The maximum Gasteiger partial charge on any atom is 0.513 e. The van der Waals surface area contributed by atoms with Gasteiger partial charge < -0.3 is 29.0 Å². The summed E-state index contributed by atoms with van der Waals surface area (Å²) in [5, 5.41) is 3.09. The summed E-state index contributed by atoms with van der Waals surface area (Å²) in [6.07, 6.45) is 3.52. The number of nitrogens with one attached hydrogen (secondary N) is 1. The first-order valence-electron chi connectivity index (χ1n) is 10.3. The van der Waals surface area contributed by atoms with Gasteiger partial charge >= 0.3 is 12.3 Å². The molecule has 1 aliphatic carbocycles. The Kier molecular flexibility index (Phi) is 7.88. The summed E-state index contributed by atoms with van der Waals surface area (Å²) < 4.78 is 26.5. The van der Waals surface area contributed by atoms with Crippen LogP contribution in [0.2, 0.25) is 0 Å². The van der Waals surface area contributed by atoms with Crippen molar-refractivity contribution in [3.63, 3.8) is 0 Å². The third kappa shape index (κ3) is 5.97. The topological polar surface area (TPSA) is 105 Å². The summed E-state index contributed by atoms with van der Waals surface area (Å²) in [4.78, 5) is 29.1. The molecule has 1 N–H and O–H groups in total. The maximum absolute atomic E-state index is 12.5. The van der Waals surface area contributed by atoms with E-state index < -0.39 is 18.2 Å². The van der Waals surface area contributed by atoms with Crippen LogP contribution in [0.15, 0.2) is 47.3 Å². The zero-order valence-corrected chi connectivity index (χ0v) is 18.0. The molecule has 0 bridgehead atoms. The molecule has 31 heavy (non-hydrogen) atoms. The van der Waals surface area contributed by atoms with Gasteiger partial charge in [-0.2, -0.15) is 0 Å². The van der Waals surface area contributed by atoms with Crippen LogP contribution in [0, 0.1) is 0 Å². The number of allylic oxidation sites excluding steroid dienone is 2. The van der Waals surface area contributed by atoms with Crippen LogP contribution >= 0.6 is 0 Å². The molecule has 1 saturated carbocycles. The molecule has 9 nitrogen and oxygen atoms in total. The van der Waals surface area contributed by atoms with Crippen LogP contribution in [0.1, 0.15) is 51.1 Å². The zero-order chi connectivity index (χ0) is 22.2. The Morgan fingerprint density at radius 3 is 2.32 bits per heavy atom. The molecule has 1 unspecified atom stereocenters. The molecule has 1 fully saturated rings. The first kappa shape index (κ1) is 22.6. The SMILES string of the molecule is COCCOC(=O)OC1=C(C)NC(C)=C(OC(=O)OC2CCCC2)C1c1ccccn1. The van der Waals surface area contributed by atoms with E-state index in [0.29, 0.717) is 17.1 Å². The van der Waals surface area contributed by atoms with Gasteiger partial charge in [0, 0.05) is 13.3 Å². The van der Waals surface area contributed by atoms with Gasteiger partial charge in [0.05, 0.1) is 23.7 Å². The third-order valence-electron chi connectivity index (χ3n) is 5.08. The van der Waals surface area contributed by atoms with E-state index in [1.54, 1.807) is 38.2 Å². The molecule has 0 aromatic carbocycles. The number of nitrogens with zero attached hydrogens (tertiary/aromatic N) is 1. The van der Waals surface area contributed by atoms with E-state index in [1.165, 1.54) is 7.11 Å². The summed E-state index contributed by atoms with van der Waals surface area (Å²) in [7, 11) is 1.51. The number of carbonyl (C=O) groups excluding carboxylic acids is 2. The summed E-state index contributed by atoms with van der Waals surface area (Å²) in [5.41, 5.74) is 1.72. The lowest BCUT2D eigenvalue weighted by Gasteiger charge is -2.29. The Morgan fingerprint density at radius 1 is 1.03 bits per heavy atom. The highest BCUT2D eigenvalue weighted by atomic mass is 16.7. The average molecular weight is 432 g/mol. The van der Waals surface area contributed by atoms with Crippen LogP contribution in [0.5, 0.6) is 0 Å². The normalized spacial score (nSPS) is 19.1. The second kappa shape index (κ2) is 10.8. The lowest BCUT2D eigenvalue weighted by molar-refractivity contribution is 0.0344. The monoisotopic (exact) mass is 432 g/mol. The number of hydrogen-bond acceptors (Lipinski definition) is 9. The minimum atomic E-state index is -0.887. The zero-order valence-electron chi connectivity index (χ0n) is 18.0. The number of rotatable bonds is 7. The lowest BCUT2D eigenvalue weighted by Crippen LogP contribution is -2.30. The molecule has 0 saturated heterocycles. The molecule has 9 heteroatoms. The van der Waals surface area contributed by atoms with Crippen molar-refractivity contribution in [1.82, 2.24) is 10.3 Å². The van der Waals surface area contributed by atoms with Gasteiger partial charge in [-0.3, -0.25) is 4.98 Å². The van der Waals surface area contributed by atoms with E-state index in [9.17, 15) is 9.59 Å². The molecule has 0 amide bonds. The van der Waals surface area contributed by atoms with E-state index >= 15 is 0 Å². The van der Waals surface area contributed by atoms with Gasteiger partial charge in [-0.05, 0) is 51.7 Å². The number of ether oxygens (including phenoxy) is 5. The van der Waals surface area contributed by atoms with Crippen LogP contribution < -0.4 is 5.32 Å². The van der Waals surface area contributed by atoms with E-state index in [0.717, 1.165) is 25.7 Å². The van der Waals surface area contributed by atoms with Crippen molar-refractivity contribution in [3.8, 4) is 0 Å². The number of pyridine rings is 1. The van der Waals surface area contributed by atoms with Gasteiger partial charge in [-0.1, -0.05) is 6.07 Å². The van der Waals surface area contributed by atoms with Crippen LogP contribution in [0.4, 0.5) is 9.59 Å². The molecule has 0 spiro atoms. The molecule has 1 atom stereocenters.